The maximum atomic E-state index is 5.80. The molecule has 0 heterocycles. The van der Waals surface area contributed by atoms with E-state index in [2.05, 4.69) is 26.2 Å². The summed E-state index contributed by atoms with van der Waals surface area (Å²) < 4.78 is 5.80. The van der Waals surface area contributed by atoms with Crippen molar-refractivity contribution in [3.05, 3.63) is 0 Å². The van der Waals surface area contributed by atoms with Crippen molar-refractivity contribution < 1.29 is 4.74 Å². The molecule has 0 saturated heterocycles. The van der Waals surface area contributed by atoms with Crippen LogP contribution in [0.5, 0.6) is 0 Å². The van der Waals surface area contributed by atoms with Crippen molar-refractivity contribution in [2.45, 2.75) is 70.4 Å². The topological polar surface area (TPSA) is 21.3 Å². The van der Waals surface area contributed by atoms with Gasteiger partial charge in [0.15, 0.2) is 0 Å². The van der Waals surface area contributed by atoms with Gasteiger partial charge in [0.1, 0.15) is 0 Å². The number of nitrogens with one attached hydrogen (secondary N) is 1. The summed E-state index contributed by atoms with van der Waals surface area (Å²) in [6.07, 6.45) is 9.29. The molecule has 2 nitrogen and oxygen atoms in total. The highest BCUT2D eigenvalue weighted by Crippen LogP contribution is 2.42. The van der Waals surface area contributed by atoms with Crippen LogP contribution in [0.3, 0.4) is 0 Å². The molecule has 2 rings (SSSR count). The fourth-order valence-electron chi connectivity index (χ4n) is 3.92. The van der Waals surface area contributed by atoms with E-state index in [1.54, 1.807) is 0 Å². The van der Waals surface area contributed by atoms with E-state index in [-0.39, 0.29) is 5.60 Å². The second-order valence-electron chi connectivity index (χ2n) is 6.87. The molecular weight excluding hydrogens is 222 g/mol. The molecule has 2 aliphatic carbocycles. The summed E-state index contributed by atoms with van der Waals surface area (Å²) in [5.41, 5.74) is 0.208. The van der Waals surface area contributed by atoms with Crippen LogP contribution in [-0.2, 0) is 4.74 Å². The summed E-state index contributed by atoms with van der Waals surface area (Å²) >= 11 is 0. The summed E-state index contributed by atoms with van der Waals surface area (Å²) in [7, 11) is 4.03. The molecule has 2 fully saturated rings. The summed E-state index contributed by atoms with van der Waals surface area (Å²) in [5.74, 6) is 2.66. The van der Waals surface area contributed by atoms with Crippen LogP contribution in [-0.4, -0.2) is 25.8 Å². The fraction of sp³-hybridized carbons (Fsp3) is 1.00. The van der Waals surface area contributed by atoms with Gasteiger partial charge in [-0.3, -0.25) is 0 Å². The van der Waals surface area contributed by atoms with Gasteiger partial charge in [-0.25, -0.2) is 0 Å². The first-order valence-electron chi connectivity index (χ1n) is 7.82. The van der Waals surface area contributed by atoms with Crippen molar-refractivity contribution in [2.24, 2.45) is 17.8 Å². The normalized spacial score (nSPS) is 37.0. The predicted molar refractivity (Wildman–Crippen MR) is 76.7 cm³/mol. The molecule has 0 aromatic rings. The van der Waals surface area contributed by atoms with Crippen LogP contribution in [0.4, 0.5) is 0 Å². The second-order valence-corrected chi connectivity index (χ2v) is 6.87. The zero-order chi connectivity index (χ0) is 13.2. The maximum absolute atomic E-state index is 5.80. The zero-order valence-electron chi connectivity index (χ0n) is 12.7. The molecule has 0 aliphatic heterocycles. The summed E-state index contributed by atoms with van der Waals surface area (Å²) in [5, 5.41) is 3.59. The van der Waals surface area contributed by atoms with Crippen molar-refractivity contribution in [3.8, 4) is 0 Å². The Morgan fingerprint density at radius 1 is 1.22 bits per heavy atom. The van der Waals surface area contributed by atoms with Crippen molar-refractivity contribution >= 4 is 0 Å². The molecule has 0 amide bonds. The minimum Gasteiger partial charge on any atom is -0.378 e. The van der Waals surface area contributed by atoms with Crippen molar-refractivity contribution in [3.63, 3.8) is 0 Å². The summed E-state index contributed by atoms with van der Waals surface area (Å²) in [6, 6.07) is 0.653. The zero-order valence-corrected chi connectivity index (χ0v) is 12.7. The van der Waals surface area contributed by atoms with E-state index in [0.29, 0.717) is 6.04 Å². The number of methoxy groups -OCH3 is 1. The second kappa shape index (κ2) is 5.92. The van der Waals surface area contributed by atoms with E-state index < -0.39 is 0 Å². The maximum Gasteiger partial charge on any atom is 0.0693 e. The lowest BCUT2D eigenvalue weighted by atomic mass is 9.68. The third-order valence-corrected chi connectivity index (χ3v) is 5.87. The smallest absolute Gasteiger partial charge is 0.0693 e. The number of rotatable bonds is 5. The predicted octanol–water partition coefficient (Wildman–Crippen LogP) is 3.61. The average Bonchev–Trinajstić information content (AvgIpc) is 2.33. The number of hydrogen-bond acceptors (Lipinski definition) is 2. The Morgan fingerprint density at radius 3 is 2.39 bits per heavy atom. The molecule has 0 aromatic heterocycles. The van der Waals surface area contributed by atoms with Crippen LogP contribution >= 0.6 is 0 Å². The van der Waals surface area contributed by atoms with Gasteiger partial charge in [0.25, 0.3) is 0 Å². The van der Waals surface area contributed by atoms with E-state index >= 15 is 0 Å². The van der Waals surface area contributed by atoms with E-state index in [9.17, 15) is 0 Å². The van der Waals surface area contributed by atoms with Gasteiger partial charge in [-0.2, -0.15) is 0 Å². The van der Waals surface area contributed by atoms with Crippen LogP contribution in [0.25, 0.3) is 0 Å². The van der Waals surface area contributed by atoms with Gasteiger partial charge in [-0.05, 0) is 63.3 Å². The van der Waals surface area contributed by atoms with Gasteiger partial charge in [-0.15, -0.1) is 0 Å². The van der Waals surface area contributed by atoms with E-state index in [0.717, 1.165) is 17.8 Å². The van der Waals surface area contributed by atoms with E-state index in [1.807, 2.05) is 7.11 Å². The highest BCUT2D eigenvalue weighted by molar-refractivity contribution is 4.95. The standard InChI is InChI=1S/C16H31NO/c1-12-6-7-14(10-13(12)2)15(17-3)11-16(18-4)8-5-9-16/h12-15,17H,5-11H2,1-4H3. The van der Waals surface area contributed by atoms with Crippen LogP contribution in [0, 0.1) is 17.8 Å². The number of ether oxygens (including phenoxy) is 1. The van der Waals surface area contributed by atoms with E-state index in [1.165, 1.54) is 44.9 Å². The van der Waals surface area contributed by atoms with Gasteiger partial charge >= 0.3 is 0 Å². The first kappa shape index (κ1) is 14.3. The number of hydrogen-bond donors (Lipinski definition) is 1. The Morgan fingerprint density at radius 2 is 1.94 bits per heavy atom. The monoisotopic (exact) mass is 253 g/mol. The lowest BCUT2D eigenvalue weighted by molar-refractivity contribution is -0.0883. The average molecular weight is 253 g/mol. The molecule has 0 aromatic carbocycles. The van der Waals surface area contributed by atoms with Gasteiger partial charge in [-0.1, -0.05) is 20.3 Å². The molecular formula is C16H31NO. The van der Waals surface area contributed by atoms with Gasteiger partial charge in [0, 0.05) is 13.2 Å². The molecule has 0 bridgehead atoms. The van der Waals surface area contributed by atoms with Gasteiger partial charge in [0.2, 0.25) is 0 Å². The minimum atomic E-state index is 0.208. The third kappa shape index (κ3) is 2.91. The van der Waals surface area contributed by atoms with Gasteiger partial charge in [0.05, 0.1) is 5.60 Å². The quantitative estimate of drug-likeness (QED) is 0.808. The van der Waals surface area contributed by atoms with Crippen LogP contribution in [0.1, 0.15) is 58.8 Å². The Hall–Kier alpha value is -0.0800. The van der Waals surface area contributed by atoms with Crippen LogP contribution < -0.4 is 5.32 Å². The molecule has 1 N–H and O–H groups in total. The third-order valence-electron chi connectivity index (χ3n) is 5.87. The molecule has 4 atom stereocenters. The SMILES string of the molecule is CNC(CC1(OC)CCC1)C1CCC(C)C(C)C1. The molecule has 2 aliphatic rings. The minimum absolute atomic E-state index is 0.208. The van der Waals surface area contributed by atoms with Gasteiger partial charge < -0.3 is 10.1 Å². The first-order valence-corrected chi connectivity index (χ1v) is 7.82. The Kier molecular flexibility index (Phi) is 4.71. The highest BCUT2D eigenvalue weighted by atomic mass is 16.5. The van der Waals surface area contributed by atoms with Crippen molar-refractivity contribution in [1.82, 2.24) is 5.32 Å². The molecule has 2 heteroatoms. The molecule has 0 spiro atoms. The van der Waals surface area contributed by atoms with Crippen molar-refractivity contribution in [1.29, 1.82) is 0 Å². The molecule has 18 heavy (non-hydrogen) atoms. The Labute approximate surface area is 113 Å². The molecule has 4 unspecified atom stereocenters. The summed E-state index contributed by atoms with van der Waals surface area (Å²) in [6.45, 7) is 4.84. The molecule has 2 saturated carbocycles. The summed E-state index contributed by atoms with van der Waals surface area (Å²) in [4.78, 5) is 0. The first-order chi connectivity index (χ1) is 8.60. The molecule has 106 valence electrons. The van der Waals surface area contributed by atoms with E-state index in [4.69, 9.17) is 4.74 Å². The fourth-order valence-corrected chi connectivity index (χ4v) is 3.92. The highest BCUT2D eigenvalue weighted by Gasteiger charge is 2.41. The Bertz CT molecular complexity index is 256. The van der Waals surface area contributed by atoms with Crippen LogP contribution in [0.2, 0.25) is 0 Å². The largest absolute Gasteiger partial charge is 0.378 e. The lowest BCUT2D eigenvalue weighted by Gasteiger charge is -2.45. The Balaban J connectivity index is 1.92. The molecule has 0 radical (unpaired) electrons. The lowest BCUT2D eigenvalue weighted by Crippen LogP contribution is -2.48. The van der Waals surface area contributed by atoms with Crippen LogP contribution in [0.15, 0.2) is 0 Å². The van der Waals surface area contributed by atoms with Crippen molar-refractivity contribution in [2.75, 3.05) is 14.2 Å².